The standard InChI is InChI=1S/C15H17ClN4O/c1-3-8-17-15(21)13-9-14(19-10(2)18-13)20-12-6-4-11(16)5-7-12/h4-7,9H,3,8H2,1-2H3,(H,17,21)(H,18,19,20). The molecule has 0 saturated carbocycles. The molecule has 2 aromatic rings. The molecule has 0 atom stereocenters. The number of amides is 1. The van der Waals surface area contributed by atoms with Gasteiger partial charge in [-0.05, 0) is 37.6 Å². The summed E-state index contributed by atoms with van der Waals surface area (Å²) in [6, 6.07) is 8.89. The third-order valence-corrected chi connectivity index (χ3v) is 2.97. The van der Waals surface area contributed by atoms with Gasteiger partial charge in [0, 0.05) is 23.3 Å². The minimum atomic E-state index is -0.193. The fourth-order valence-electron chi connectivity index (χ4n) is 1.76. The van der Waals surface area contributed by atoms with Crippen molar-refractivity contribution in [3.63, 3.8) is 0 Å². The number of hydrogen-bond donors (Lipinski definition) is 2. The van der Waals surface area contributed by atoms with Crippen LogP contribution in [0.5, 0.6) is 0 Å². The van der Waals surface area contributed by atoms with Gasteiger partial charge < -0.3 is 10.6 Å². The Morgan fingerprint density at radius 3 is 2.62 bits per heavy atom. The van der Waals surface area contributed by atoms with E-state index in [1.165, 1.54) is 0 Å². The van der Waals surface area contributed by atoms with Crippen LogP contribution in [0.4, 0.5) is 11.5 Å². The van der Waals surface area contributed by atoms with E-state index in [9.17, 15) is 4.79 Å². The van der Waals surface area contributed by atoms with Crippen LogP contribution in [-0.4, -0.2) is 22.4 Å². The lowest BCUT2D eigenvalue weighted by Crippen LogP contribution is -2.25. The second kappa shape index (κ2) is 7.04. The second-order valence-corrected chi connectivity index (χ2v) is 5.01. The second-order valence-electron chi connectivity index (χ2n) is 4.57. The van der Waals surface area contributed by atoms with Crippen molar-refractivity contribution in [3.8, 4) is 0 Å². The Bertz CT molecular complexity index is 628. The first-order chi connectivity index (χ1) is 10.1. The first kappa shape index (κ1) is 15.3. The molecule has 0 radical (unpaired) electrons. The molecule has 1 heterocycles. The first-order valence-corrected chi connectivity index (χ1v) is 7.12. The van der Waals surface area contributed by atoms with Crippen LogP contribution < -0.4 is 10.6 Å². The molecule has 0 unspecified atom stereocenters. The monoisotopic (exact) mass is 304 g/mol. The number of nitrogens with zero attached hydrogens (tertiary/aromatic N) is 2. The third kappa shape index (κ3) is 4.43. The van der Waals surface area contributed by atoms with Crippen molar-refractivity contribution in [1.82, 2.24) is 15.3 Å². The number of aromatic nitrogens is 2. The van der Waals surface area contributed by atoms with E-state index >= 15 is 0 Å². The average Bonchev–Trinajstić information content (AvgIpc) is 2.46. The van der Waals surface area contributed by atoms with Crippen LogP contribution >= 0.6 is 11.6 Å². The molecule has 2 rings (SSSR count). The normalized spacial score (nSPS) is 10.2. The number of carbonyl (C=O) groups excluding carboxylic acids is 1. The maximum Gasteiger partial charge on any atom is 0.270 e. The highest BCUT2D eigenvalue weighted by Gasteiger charge is 2.10. The van der Waals surface area contributed by atoms with E-state index in [1.807, 2.05) is 19.1 Å². The summed E-state index contributed by atoms with van der Waals surface area (Å²) in [5.41, 5.74) is 1.20. The maximum atomic E-state index is 12.0. The van der Waals surface area contributed by atoms with Gasteiger partial charge in [0.2, 0.25) is 0 Å². The van der Waals surface area contributed by atoms with Crippen molar-refractivity contribution in [1.29, 1.82) is 0 Å². The van der Waals surface area contributed by atoms with E-state index in [-0.39, 0.29) is 5.91 Å². The van der Waals surface area contributed by atoms with Crippen LogP contribution in [0, 0.1) is 6.92 Å². The van der Waals surface area contributed by atoms with Gasteiger partial charge in [0.05, 0.1) is 0 Å². The van der Waals surface area contributed by atoms with Gasteiger partial charge in [-0.2, -0.15) is 0 Å². The number of aryl methyl sites for hydroxylation is 1. The molecule has 0 bridgehead atoms. The van der Waals surface area contributed by atoms with Crippen molar-refractivity contribution in [3.05, 3.63) is 46.9 Å². The van der Waals surface area contributed by atoms with Crippen molar-refractivity contribution < 1.29 is 4.79 Å². The third-order valence-electron chi connectivity index (χ3n) is 2.72. The Kier molecular flexibility index (Phi) is 5.11. The molecule has 5 nitrogen and oxygen atoms in total. The summed E-state index contributed by atoms with van der Waals surface area (Å²) in [6.45, 7) is 4.38. The molecule has 21 heavy (non-hydrogen) atoms. The predicted octanol–water partition coefficient (Wildman–Crippen LogP) is 3.32. The molecule has 0 spiro atoms. The summed E-state index contributed by atoms with van der Waals surface area (Å²) in [5, 5.41) is 6.60. The summed E-state index contributed by atoms with van der Waals surface area (Å²) in [5.74, 6) is 0.920. The average molecular weight is 305 g/mol. The highest BCUT2D eigenvalue weighted by atomic mass is 35.5. The quantitative estimate of drug-likeness (QED) is 0.889. The van der Waals surface area contributed by atoms with Crippen LogP contribution in [0.2, 0.25) is 5.02 Å². The number of rotatable bonds is 5. The van der Waals surface area contributed by atoms with Crippen molar-refractivity contribution in [2.75, 3.05) is 11.9 Å². The lowest BCUT2D eigenvalue weighted by atomic mass is 10.3. The number of anilines is 2. The Morgan fingerprint density at radius 1 is 1.24 bits per heavy atom. The van der Waals surface area contributed by atoms with Gasteiger partial charge in [0.1, 0.15) is 17.3 Å². The van der Waals surface area contributed by atoms with Gasteiger partial charge in [0.15, 0.2) is 0 Å². The number of halogens is 1. The zero-order valence-corrected chi connectivity index (χ0v) is 12.7. The molecule has 1 amide bonds. The molecule has 0 fully saturated rings. The highest BCUT2D eigenvalue weighted by molar-refractivity contribution is 6.30. The molecular formula is C15H17ClN4O. The maximum absolute atomic E-state index is 12.0. The molecule has 0 aliphatic carbocycles. The fraction of sp³-hybridized carbons (Fsp3) is 0.267. The SMILES string of the molecule is CCCNC(=O)c1cc(Nc2ccc(Cl)cc2)nc(C)n1. The van der Waals surface area contributed by atoms with E-state index in [4.69, 9.17) is 11.6 Å². The Labute approximate surface area is 128 Å². The van der Waals surface area contributed by atoms with E-state index in [2.05, 4.69) is 20.6 Å². The summed E-state index contributed by atoms with van der Waals surface area (Å²) in [6.07, 6.45) is 0.881. The number of benzene rings is 1. The molecule has 0 saturated heterocycles. The fourth-order valence-corrected chi connectivity index (χ4v) is 1.88. The van der Waals surface area contributed by atoms with Crippen LogP contribution in [0.25, 0.3) is 0 Å². The molecule has 0 aliphatic rings. The summed E-state index contributed by atoms with van der Waals surface area (Å²) < 4.78 is 0. The summed E-state index contributed by atoms with van der Waals surface area (Å²) >= 11 is 5.85. The lowest BCUT2D eigenvalue weighted by Gasteiger charge is -2.09. The van der Waals surface area contributed by atoms with Crippen LogP contribution in [0.3, 0.4) is 0 Å². The van der Waals surface area contributed by atoms with Crippen molar-refractivity contribution in [2.24, 2.45) is 0 Å². The highest BCUT2D eigenvalue weighted by Crippen LogP contribution is 2.18. The molecule has 6 heteroatoms. The summed E-state index contributed by atoms with van der Waals surface area (Å²) in [4.78, 5) is 20.4. The lowest BCUT2D eigenvalue weighted by molar-refractivity contribution is 0.0948. The van der Waals surface area contributed by atoms with Crippen LogP contribution in [-0.2, 0) is 0 Å². The van der Waals surface area contributed by atoms with Gasteiger partial charge >= 0.3 is 0 Å². The predicted molar refractivity (Wildman–Crippen MR) is 84.1 cm³/mol. The number of nitrogens with one attached hydrogen (secondary N) is 2. The van der Waals surface area contributed by atoms with Crippen LogP contribution in [0.1, 0.15) is 29.7 Å². The molecule has 2 N–H and O–H groups in total. The van der Waals surface area contributed by atoms with Crippen molar-refractivity contribution in [2.45, 2.75) is 20.3 Å². The largest absolute Gasteiger partial charge is 0.351 e. The topological polar surface area (TPSA) is 66.9 Å². The first-order valence-electron chi connectivity index (χ1n) is 6.75. The molecule has 110 valence electrons. The molecule has 0 aliphatic heterocycles. The number of hydrogen-bond acceptors (Lipinski definition) is 4. The Hall–Kier alpha value is -2.14. The molecule has 1 aromatic carbocycles. The van der Waals surface area contributed by atoms with Gasteiger partial charge in [-0.3, -0.25) is 4.79 Å². The Morgan fingerprint density at radius 2 is 1.95 bits per heavy atom. The number of carbonyl (C=O) groups is 1. The van der Waals surface area contributed by atoms with Crippen LogP contribution in [0.15, 0.2) is 30.3 Å². The molecule has 1 aromatic heterocycles. The molecular weight excluding hydrogens is 288 g/mol. The van der Waals surface area contributed by atoms with Crippen molar-refractivity contribution >= 4 is 29.0 Å². The van der Waals surface area contributed by atoms with E-state index in [0.717, 1.165) is 12.1 Å². The summed E-state index contributed by atoms with van der Waals surface area (Å²) in [7, 11) is 0. The Balaban J connectivity index is 2.18. The van der Waals surface area contributed by atoms with Gasteiger partial charge in [-0.1, -0.05) is 18.5 Å². The van der Waals surface area contributed by atoms with Gasteiger partial charge in [-0.15, -0.1) is 0 Å². The zero-order chi connectivity index (χ0) is 15.2. The van der Waals surface area contributed by atoms with E-state index < -0.39 is 0 Å². The smallest absolute Gasteiger partial charge is 0.270 e. The zero-order valence-electron chi connectivity index (χ0n) is 12.0. The minimum Gasteiger partial charge on any atom is -0.351 e. The van der Waals surface area contributed by atoms with Gasteiger partial charge in [0.25, 0.3) is 5.91 Å². The van der Waals surface area contributed by atoms with E-state index in [0.29, 0.717) is 28.9 Å². The van der Waals surface area contributed by atoms with Gasteiger partial charge in [-0.25, -0.2) is 9.97 Å². The van der Waals surface area contributed by atoms with E-state index in [1.54, 1.807) is 25.1 Å². The minimum absolute atomic E-state index is 0.193.